The topological polar surface area (TPSA) is 77.8 Å². The van der Waals surface area contributed by atoms with Crippen LogP contribution in [-0.4, -0.2) is 33.5 Å². The van der Waals surface area contributed by atoms with Crippen molar-refractivity contribution in [3.05, 3.63) is 0 Å². The zero-order valence-corrected chi connectivity index (χ0v) is 17.9. The van der Waals surface area contributed by atoms with Gasteiger partial charge in [0.15, 0.2) is 0 Å². The van der Waals surface area contributed by atoms with E-state index in [1.165, 1.54) is 19.3 Å². The molecular weight excluding hydrogens is 352 g/mol. The average molecular weight is 393 g/mol. The lowest BCUT2D eigenvalue weighted by Crippen LogP contribution is -2.58. The Hall–Kier alpha value is -0.610. The van der Waals surface area contributed by atoms with Crippen molar-refractivity contribution in [1.82, 2.24) is 0 Å². The van der Waals surface area contributed by atoms with Gasteiger partial charge in [0.1, 0.15) is 0 Å². The number of aliphatic hydroxyl groups excluding tert-OH is 2. The molecule has 0 saturated heterocycles. The molecular formula is C24H40O4. The maximum absolute atomic E-state index is 11.5. The molecule has 4 aliphatic carbocycles. The van der Waals surface area contributed by atoms with E-state index in [1.807, 2.05) is 0 Å². The summed E-state index contributed by atoms with van der Waals surface area (Å²) in [5, 5.41) is 30.8. The van der Waals surface area contributed by atoms with Gasteiger partial charge in [-0.3, -0.25) is 4.79 Å². The predicted octanol–water partition coefficient (Wildman–Crippen LogP) is 4.48. The van der Waals surface area contributed by atoms with E-state index in [2.05, 4.69) is 20.8 Å². The van der Waals surface area contributed by atoms with Crippen molar-refractivity contribution >= 4 is 5.97 Å². The third kappa shape index (κ3) is 3.05. The van der Waals surface area contributed by atoms with Crippen molar-refractivity contribution in [2.75, 3.05) is 0 Å². The van der Waals surface area contributed by atoms with Crippen LogP contribution in [0.25, 0.3) is 0 Å². The molecule has 4 rings (SSSR count). The van der Waals surface area contributed by atoms with Crippen LogP contribution in [0.2, 0.25) is 0 Å². The molecule has 0 aromatic heterocycles. The molecule has 3 N–H and O–H groups in total. The molecule has 0 amide bonds. The molecule has 0 radical (unpaired) electrons. The van der Waals surface area contributed by atoms with Crippen LogP contribution in [0, 0.1) is 46.3 Å². The van der Waals surface area contributed by atoms with Crippen LogP contribution in [-0.2, 0) is 4.79 Å². The molecule has 4 saturated carbocycles. The summed E-state index contributed by atoms with van der Waals surface area (Å²) in [7, 11) is 0. The molecule has 28 heavy (non-hydrogen) atoms. The first-order valence-electron chi connectivity index (χ1n) is 11.8. The van der Waals surface area contributed by atoms with E-state index in [9.17, 15) is 15.0 Å². The lowest BCUT2D eigenvalue weighted by molar-refractivity contribution is -0.175. The third-order valence-electron chi connectivity index (χ3n) is 10.3. The van der Waals surface area contributed by atoms with E-state index >= 15 is 0 Å². The number of aliphatic carboxylic acids is 1. The highest BCUT2D eigenvalue weighted by atomic mass is 16.4. The van der Waals surface area contributed by atoms with Crippen molar-refractivity contribution in [1.29, 1.82) is 0 Å². The maximum atomic E-state index is 11.5. The van der Waals surface area contributed by atoms with Gasteiger partial charge in [0.25, 0.3) is 0 Å². The summed E-state index contributed by atoms with van der Waals surface area (Å²) in [6, 6.07) is 0. The van der Waals surface area contributed by atoms with Gasteiger partial charge >= 0.3 is 5.97 Å². The number of aliphatic hydroxyl groups is 2. The second kappa shape index (κ2) is 7.27. The number of carboxylic acid groups (broad SMARTS) is 1. The van der Waals surface area contributed by atoms with Crippen molar-refractivity contribution in [2.45, 2.75) is 97.2 Å². The molecule has 0 aromatic rings. The Bertz CT molecular complexity index is 605. The number of carboxylic acids is 1. The zero-order chi connectivity index (χ0) is 20.3. The second-order valence-corrected chi connectivity index (χ2v) is 11.3. The summed E-state index contributed by atoms with van der Waals surface area (Å²) < 4.78 is 0. The van der Waals surface area contributed by atoms with Crippen LogP contribution in [0.4, 0.5) is 0 Å². The maximum Gasteiger partial charge on any atom is 0.303 e. The smallest absolute Gasteiger partial charge is 0.303 e. The summed E-state index contributed by atoms with van der Waals surface area (Å²) in [6.07, 6.45) is 9.26. The Morgan fingerprint density at radius 2 is 1.79 bits per heavy atom. The minimum Gasteiger partial charge on any atom is -0.481 e. The normalized spacial score (nSPS) is 51.7. The highest BCUT2D eigenvalue weighted by molar-refractivity contribution is 5.66. The average Bonchev–Trinajstić information content (AvgIpc) is 3.00. The van der Waals surface area contributed by atoms with Crippen molar-refractivity contribution in [3.8, 4) is 0 Å². The highest BCUT2D eigenvalue weighted by Crippen LogP contribution is 2.68. The fourth-order valence-corrected chi connectivity index (χ4v) is 8.71. The molecule has 4 aliphatic rings. The Labute approximate surface area is 170 Å². The van der Waals surface area contributed by atoms with Crippen LogP contribution in [0.5, 0.6) is 0 Å². The van der Waals surface area contributed by atoms with Crippen LogP contribution in [0.1, 0.15) is 85.0 Å². The van der Waals surface area contributed by atoms with Crippen LogP contribution < -0.4 is 0 Å². The SMILES string of the molecule is CC(CCC(=O)O)[C@H]1CC[C@H]2[C@@H]3CC[C@@H]4C[C@@H](O)CC[C@]4(C)[C@H]3C[C@@H](O)[C@]12C. The summed E-state index contributed by atoms with van der Waals surface area (Å²) >= 11 is 0. The number of carbonyl (C=O) groups is 1. The van der Waals surface area contributed by atoms with Crippen molar-refractivity contribution in [3.63, 3.8) is 0 Å². The second-order valence-electron chi connectivity index (χ2n) is 11.3. The van der Waals surface area contributed by atoms with Gasteiger partial charge in [-0.2, -0.15) is 0 Å². The number of hydrogen-bond donors (Lipinski definition) is 3. The van der Waals surface area contributed by atoms with E-state index in [1.54, 1.807) is 0 Å². The number of rotatable bonds is 4. The van der Waals surface area contributed by atoms with Gasteiger partial charge in [-0.1, -0.05) is 20.8 Å². The minimum absolute atomic E-state index is 0.0591. The van der Waals surface area contributed by atoms with Gasteiger partial charge in [0.05, 0.1) is 12.2 Å². The zero-order valence-electron chi connectivity index (χ0n) is 17.9. The van der Waals surface area contributed by atoms with Gasteiger partial charge in [0.2, 0.25) is 0 Å². The molecule has 0 spiro atoms. The summed E-state index contributed by atoms with van der Waals surface area (Å²) in [4.78, 5) is 11.1. The van der Waals surface area contributed by atoms with Crippen molar-refractivity contribution < 1.29 is 20.1 Å². The fourth-order valence-electron chi connectivity index (χ4n) is 8.71. The van der Waals surface area contributed by atoms with E-state index in [-0.39, 0.29) is 29.5 Å². The molecule has 10 atom stereocenters. The Balaban J connectivity index is 1.56. The van der Waals surface area contributed by atoms with Crippen LogP contribution in [0.3, 0.4) is 0 Å². The molecule has 4 fully saturated rings. The van der Waals surface area contributed by atoms with Gasteiger partial charge in [-0.15, -0.1) is 0 Å². The Kier molecular flexibility index (Phi) is 5.36. The van der Waals surface area contributed by atoms with E-state index < -0.39 is 5.97 Å². The summed E-state index contributed by atoms with van der Waals surface area (Å²) in [6.45, 7) is 6.99. The summed E-state index contributed by atoms with van der Waals surface area (Å²) in [5.41, 5.74) is 0.216. The predicted molar refractivity (Wildman–Crippen MR) is 109 cm³/mol. The first-order valence-corrected chi connectivity index (χ1v) is 11.8. The van der Waals surface area contributed by atoms with Crippen LogP contribution >= 0.6 is 0 Å². The lowest BCUT2D eigenvalue weighted by atomic mass is 9.43. The van der Waals surface area contributed by atoms with Gasteiger partial charge in [0, 0.05) is 6.42 Å². The van der Waals surface area contributed by atoms with Gasteiger partial charge in [-0.05, 0) is 104 Å². The molecule has 0 heterocycles. The van der Waals surface area contributed by atoms with Gasteiger partial charge < -0.3 is 15.3 Å². The monoisotopic (exact) mass is 392 g/mol. The number of fused-ring (bicyclic) bond motifs is 5. The van der Waals surface area contributed by atoms with Crippen LogP contribution in [0.15, 0.2) is 0 Å². The lowest BCUT2D eigenvalue weighted by Gasteiger charge is -2.62. The quantitative estimate of drug-likeness (QED) is 0.659. The minimum atomic E-state index is -0.707. The van der Waals surface area contributed by atoms with Gasteiger partial charge in [-0.25, -0.2) is 0 Å². The standard InChI is InChI=1S/C24H40O4/c1-14(4-9-22(27)28)18-7-8-19-17-6-5-15-12-16(25)10-11-23(15,2)20(17)13-21(26)24(18,19)3/h14-21,25-26H,4-13H2,1-3H3,(H,27,28)/t14?,15-,16+,17+,18-,19+,20+,21-,23+,24-/m1/s1. The molecule has 1 unspecified atom stereocenters. The fraction of sp³-hybridized carbons (Fsp3) is 0.958. The molecule has 4 heteroatoms. The molecule has 0 aliphatic heterocycles. The largest absolute Gasteiger partial charge is 0.481 e. The first-order chi connectivity index (χ1) is 13.2. The first kappa shape index (κ1) is 20.7. The molecule has 0 bridgehead atoms. The van der Waals surface area contributed by atoms with Crippen molar-refractivity contribution in [2.24, 2.45) is 46.3 Å². The molecule has 160 valence electrons. The highest BCUT2D eigenvalue weighted by Gasteiger charge is 2.63. The molecule has 4 nitrogen and oxygen atoms in total. The van der Waals surface area contributed by atoms with E-state index in [0.717, 1.165) is 38.5 Å². The Morgan fingerprint density at radius 1 is 1.04 bits per heavy atom. The summed E-state index contributed by atoms with van der Waals surface area (Å²) in [5.74, 6) is 2.55. The number of hydrogen-bond acceptors (Lipinski definition) is 3. The molecule has 0 aromatic carbocycles. The van der Waals surface area contributed by atoms with E-state index in [4.69, 9.17) is 5.11 Å². The Morgan fingerprint density at radius 3 is 2.50 bits per heavy atom. The van der Waals surface area contributed by atoms with E-state index in [0.29, 0.717) is 35.5 Å². The third-order valence-corrected chi connectivity index (χ3v) is 10.3.